The van der Waals surface area contributed by atoms with Crippen LogP contribution in [0.15, 0.2) is 0 Å². The van der Waals surface area contributed by atoms with Gasteiger partial charge in [0.05, 0.1) is 18.6 Å². The lowest BCUT2D eigenvalue weighted by Gasteiger charge is -2.30. The Morgan fingerprint density at radius 3 is 2.15 bits per heavy atom. The van der Waals surface area contributed by atoms with Crippen LogP contribution in [0.5, 0.6) is 0 Å². The van der Waals surface area contributed by atoms with Crippen LogP contribution in [0.4, 0.5) is 0 Å². The van der Waals surface area contributed by atoms with Gasteiger partial charge < -0.3 is 48.3 Å². The normalized spacial score (nSPS) is 18.8. The van der Waals surface area contributed by atoms with Crippen molar-refractivity contribution in [1.82, 2.24) is 20.9 Å². The van der Waals surface area contributed by atoms with Gasteiger partial charge in [-0.05, 0) is 57.9 Å². The molecule has 1 fully saturated rings. The predicted octanol–water partition coefficient (Wildman–Crippen LogP) is -2.72. The Morgan fingerprint density at radius 2 is 1.62 bits per heavy atom. The summed E-state index contributed by atoms with van der Waals surface area (Å²) in [4.78, 5) is 76.4. The molecule has 0 aromatic rings. The molecular weight excluding hydrogens is 526 g/mol. The summed E-state index contributed by atoms with van der Waals surface area (Å²) in [5, 5.41) is 26.1. The minimum Gasteiger partial charge on any atom is -0.480 e. The first-order valence-electron chi connectivity index (χ1n) is 13.6. The van der Waals surface area contributed by atoms with Gasteiger partial charge in [0.25, 0.3) is 0 Å². The fourth-order valence-electron chi connectivity index (χ4n) is 4.47. The highest BCUT2D eigenvalue weighted by atomic mass is 16.4. The first kappa shape index (κ1) is 34.7. The molecular formula is C25H45N7O8. The Kier molecular flexibility index (Phi) is 14.5. The van der Waals surface area contributed by atoms with E-state index in [-0.39, 0.29) is 25.3 Å². The summed E-state index contributed by atoms with van der Waals surface area (Å²) in [5.41, 5.74) is 16.8. The summed E-state index contributed by atoms with van der Waals surface area (Å²) in [5.74, 6) is -5.06. The average Bonchev–Trinajstić information content (AvgIpc) is 3.34. The molecule has 11 N–H and O–H groups in total. The maximum Gasteiger partial charge on any atom is 0.328 e. The lowest BCUT2D eigenvalue weighted by Crippen LogP contribution is -2.59. The molecule has 5 amide bonds. The third kappa shape index (κ3) is 11.1. The average molecular weight is 572 g/mol. The molecule has 0 spiro atoms. The van der Waals surface area contributed by atoms with Crippen molar-refractivity contribution in [2.45, 2.75) is 102 Å². The smallest absolute Gasteiger partial charge is 0.328 e. The fraction of sp³-hybridized carbons (Fsp3) is 0.760. The van der Waals surface area contributed by atoms with Gasteiger partial charge in [-0.2, -0.15) is 0 Å². The van der Waals surface area contributed by atoms with Crippen LogP contribution < -0.4 is 33.2 Å². The summed E-state index contributed by atoms with van der Waals surface area (Å²) in [6.45, 7) is 5.61. The van der Waals surface area contributed by atoms with E-state index in [1.165, 1.54) is 4.90 Å². The third-order valence-corrected chi connectivity index (χ3v) is 6.55. The Bertz CT molecular complexity index is 914. The summed E-state index contributed by atoms with van der Waals surface area (Å²) in [6.07, 6.45) is 0.488. The first-order valence-corrected chi connectivity index (χ1v) is 13.6. The number of carboxylic acid groups (broad SMARTS) is 1. The number of aliphatic hydroxyl groups is 1. The molecule has 1 aliphatic rings. The molecule has 15 heteroatoms. The molecule has 0 aromatic heterocycles. The van der Waals surface area contributed by atoms with Crippen LogP contribution in [0.25, 0.3) is 0 Å². The number of nitrogens with zero attached hydrogens (tertiary/aromatic N) is 1. The van der Waals surface area contributed by atoms with Gasteiger partial charge in [-0.3, -0.25) is 24.0 Å². The van der Waals surface area contributed by atoms with Crippen molar-refractivity contribution < 1.29 is 39.0 Å². The number of primary amides is 1. The Hall–Kier alpha value is -3.30. The third-order valence-electron chi connectivity index (χ3n) is 6.55. The van der Waals surface area contributed by atoms with Crippen LogP contribution >= 0.6 is 0 Å². The van der Waals surface area contributed by atoms with E-state index in [9.17, 15) is 39.0 Å². The topological polar surface area (TPSA) is 260 Å². The number of aliphatic carboxylic acids is 1. The summed E-state index contributed by atoms with van der Waals surface area (Å²) in [7, 11) is 0. The van der Waals surface area contributed by atoms with E-state index >= 15 is 0 Å². The molecule has 1 rings (SSSR count). The number of hydrogen-bond donors (Lipinski definition) is 8. The van der Waals surface area contributed by atoms with Crippen LogP contribution in [-0.2, 0) is 28.8 Å². The minimum atomic E-state index is -1.69. The van der Waals surface area contributed by atoms with E-state index in [0.29, 0.717) is 32.2 Å². The maximum absolute atomic E-state index is 13.5. The number of nitrogens with one attached hydrogen (secondary N) is 3. The van der Waals surface area contributed by atoms with Crippen molar-refractivity contribution in [2.24, 2.45) is 23.1 Å². The van der Waals surface area contributed by atoms with Gasteiger partial charge in [-0.25, -0.2) is 4.79 Å². The van der Waals surface area contributed by atoms with Gasteiger partial charge in [-0.1, -0.05) is 13.8 Å². The number of carbonyl (C=O) groups is 6. The quantitative estimate of drug-likeness (QED) is 0.0836. The monoisotopic (exact) mass is 571 g/mol. The standard InChI is InChI=1S/C25H45N7O8/c1-13(2)11-15(27)21(35)29-16(7-4-5-9-26)24(38)32-10-6-8-18(32)23(37)30-17(12-19(28)34)22(36)31-20(14(3)33)25(39)40/h13-18,20,33H,4-12,26-27H2,1-3H3,(H2,28,34)(H,29,35)(H,30,37)(H,31,36)(H,39,40)/t14-,15+,16+,17+,18+,20+/m1/s1. The van der Waals surface area contributed by atoms with E-state index in [1.54, 1.807) is 0 Å². The van der Waals surface area contributed by atoms with Crippen LogP contribution in [0.2, 0.25) is 0 Å². The lowest BCUT2D eigenvalue weighted by atomic mass is 10.0. The van der Waals surface area contributed by atoms with Gasteiger partial charge in [0, 0.05) is 6.54 Å². The molecule has 0 bridgehead atoms. The molecule has 1 heterocycles. The van der Waals surface area contributed by atoms with Crippen LogP contribution in [0.1, 0.15) is 65.7 Å². The number of rotatable bonds is 17. The largest absolute Gasteiger partial charge is 0.480 e. The molecule has 1 saturated heterocycles. The van der Waals surface area contributed by atoms with Gasteiger partial charge in [0.2, 0.25) is 29.5 Å². The second kappa shape index (κ2) is 16.7. The number of aliphatic hydroxyl groups excluding tert-OH is 1. The van der Waals surface area contributed by atoms with Gasteiger partial charge in [-0.15, -0.1) is 0 Å². The van der Waals surface area contributed by atoms with Crippen molar-refractivity contribution in [3.05, 3.63) is 0 Å². The van der Waals surface area contributed by atoms with Crippen LogP contribution in [-0.4, -0.2) is 100 Å². The highest BCUT2D eigenvalue weighted by molar-refractivity contribution is 5.97. The number of unbranched alkanes of at least 4 members (excludes halogenated alkanes) is 1. The Morgan fingerprint density at radius 1 is 0.975 bits per heavy atom. The molecule has 40 heavy (non-hydrogen) atoms. The van der Waals surface area contributed by atoms with Crippen LogP contribution in [0, 0.1) is 5.92 Å². The molecule has 0 radical (unpaired) electrons. The van der Waals surface area contributed by atoms with Gasteiger partial charge in [0.1, 0.15) is 18.1 Å². The van der Waals surface area contributed by atoms with Crippen molar-refractivity contribution in [3.63, 3.8) is 0 Å². The summed E-state index contributed by atoms with van der Waals surface area (Å²) < 4.78 is 0. The summed E-state index contributed by atoms with van der Waals surface area (Å²) >= 11 is 0. The molecule has 1 aliphatic heterocycles. The minimum absolute atomic E-state index is 0.163. The van der Waals surface area contributed by atoms with E-state index < -0.39 is 78.2 Å². The van der Waals surface area contributed by atoms with Crippen molar-refractivity contribution in [3.8, 4) is 0 Å². The SMILES string of the molecule is CC(C)C[C@H](N)C(=O)N[C@@H](CCCCN)C(=O)N1CCC[C@H]1C(=O)N[C@@H](CC(N)=O)C(=O)N[C@H](C(=O)O)[C@@H](C)O. The Labute approximate surface area is 233 Å². The first-order chi connectivity index (χ1) is 18.7. The highest BCUT2D eigenvalue weighted by Crippen LogP contribution is 2.20. The molecule has 6 atom stereocenters. The number of amides is 5. The van der Waals surface area contributed by atoms with E-state index in [0.717, 1.165) is 6.92 Å². The molecule has 0 saturated carbocycles. The fourth-order valence-corrected chi connectivity index (χ4v) is 4.47. The molecule has 0 aromatic carbocycles. The second-order valence-corrected chi connectivity index (χ2v) is 10.6. The predicted molar refractivity (Wildman–Crippen MR) is 144 cm³/mol. The molecule has 228 valence electrons. The van der Waals surface area contributed by atoms with Gasteiger partial charge >= 0.3 is 5.97 Å². The molecule has 0 unspecified atom stereocenters. The van der Waals surface area contributed by atoms with E-state index in [4.69, 9.17) is 17.2 Å². The van der Waals surface area contributed by atoms with E-state index in [1.807, 2.05) is 13.8 Å². The highest BCUT2D eigenvalue weighted by Gasteiger charge is 2.39. The molecule has 15 nitrogen and oxygen atoms in total. The number of carboxylic acids is 1. The Balaban J connectivity index is 3.07. The van der Waals surface area contributed by atoms with Gasteiger partial charge in [0.15, 0.2) is 6.04 Å². The van der Waals surface area contributed by atoms with Crippen molar-refractivity contribution in [2.75, 3.05) is 13.1 Å². The number of nitrogens with two attached hydrogens (primary N) is 3. The zero-order valence-corrected chi connectivity index (χ0v) is 23.4. The summed E-state index contributed by atoms with van der Waals surface area (Å²) in [6, 6.07) is -6.01. The zero-order chi connectivity index (χ0) is 30.6. The molecule has 0 aliphatic carbocycles. The number of likely N-dealkylation sites (tertiary alicyclic amines) is 1. The van der Waals surface area contributed by atoms with Crippen molar-refractivity contribution >= 4 is 35.5 Å². The maximum atomic E-state index is 13.5. The second-order valence-electron chi connectivity index (χ2n) is 10.6. The van der Waals surface area contributed by atoms with E-state index in [2.05, 4.69) is 16.0 Å². The van der Waals surface area contributed by atoms with Crippen LogP contribution in [0.3, 0.4) is 0 Å². The van der Waals surface area contributed by atoms with Crippen molar-refractivity contribution in [1.29, 1.82) is 0 Å². The zero-order valence-electron chi connectivity index (χ0n) is 23.4. The number of carbonyl (C=O) groups excluding carboxylic acids is 5. The number of hydrogen-bond acceptors (Lipinski definition) is 9. The lowest BCUT2D eigenvalue weighted by molar-refractivity contribution is -0.145.